The fourth-order valence-electron chi connectivity index (χ4n) is 2.86. The SMILES string of the molecule is O=C(COc1ccc(F)cc1)N1CCO[C@@H](c2cccc(Nc3nncs3)n2)C1. The van der Waals surface area contributed by atoms with E-state index in [1.165, 1.54) is 35.6 Å². The number of hydrogen-bond acceptors (Lipinski definition) is 8. The van der Waals surface area contributed by atoms with E-state index in [1.807, 2.05) is 18.2 Å². The Morgan fingerprint density at radius 3 is 2.97 bits per heavy atom. The number of morpholine rings is 1. The Morgan fingerprint density at radius 2 is 2.17 bits per heavy atom. The predicted molar refractivity (Wildman–Crippen MR) is 105 cm³/mol. The highest BCUT2D eigenvalue weighted by atomic mass is 32.1. The van der Waals surface area contributed by atoms with Gasteiger partial charge in [-0.15, -0.1) is 10.2 Å². The van der Waals surface area contributed by atoms with E-state index in [-0.39, 0.29) is 24.4 Å². The first kappa shape index (κ1) is 19.2. The zero-order valence-corrected chi connectivity index (χ0v) is 16.1. The number of carbonyl (C=O) groups excluding carboxylic acids is 1. The number of ether oxygens (including phenoxy) is 2. The molecule has 1 N–H and O–H groups in total. The first-order valence-corrected chi connectivity index (χ1v) is 9.83. The second-order valence-corrected chi connectivity index (χ2v) is 7.09. The standard InChI is InChI=1S/C19H18FN5O3S/c20-13-4-6-14(7-5-13)28-11-18(26)25-8-9-27-16(10-25)15-2-1-3-17(22-15)23-19-24-21-12-29-19/h1-7,12,16H,8-11H2,(H,22,23,24)/t16-/m1/s1. The molecule has 1 aliphatic rings. The zero-order valence-electron chi connectivity index (χ0n) is 15.3. The van der Waals surface area contributed by atoms with Crippen molar-refractivity contribution in [1.82, 2.24) is 20.1 Å². The van der Waals surface area contributed by atoms with Crippen LogP contribution in [0.5, 0.6) is 5.75 Å². The summed E-state index contributed by atoms with van der Waals surface area (Å²) in [4.78, 5) is 18.8. The number of aromatic nitrogens is 3. The molecule has 0 saturated carbocycles. The summed E-state index contributed by atoms with van der Waals surface area (Å²) >= 11 is 1.38. The van der Waals surface area contributed by atoms with E-state index in [0.717, 1.165) is 5.69 Å². The summed E-state index contributed by atoms with van der Waals surface area (Å²) in [5.74, 6) is 0.563. The van der Waals surface area contributed by atoms with Crippen LogP contribution in [0.15, 0.2) is 48.0 Å². The van der Waals surface area contributed by atoms with Gasteiger partial charge in [-0.3, -0.25) is 4.79 Å². The number of pyridine rings is 1. The molecule has 1 aliphatic heterocycles. The molecular formula is C19H18FN5O3S. The summed E-state index contributed by atoms with van der Waals surface area (Å²) in [5.41, 5.74) is 2.35. The van der Waals surface area contributed by atoms with Crippen molar-refractivity contribution in [2.24, 2.45) is 0 Å². The monoisotopic (exact) mass is 415 g/mol. The molecule has 0 unspecified atom stereocenters. The van der Waals surface area contributed by atoms with Gasteiger partial charge in [-0.25, -0.2) is 9.37 Å². The number of nitrogens with one attached hydrogen (secondary N) is 1. The quantitative estimate of drug-likeness (QED) is 0.662. The molecule has 8 nitrogen and oxygen atoms in total. The first-order valence-electron chi connectivity index (χ1n) is 8.95. The van der Waals surface area contributed by atoms with E-state index >= 15 is 0 Å². The third kappa shape index (κ3) is 5.04. The van der Waals surface area contributed by atoms with Crippen molar-refractivity contribution in [1.29, 1.82) is 0 Å². The van der Waals surface area contributed by atoms with E-state index in [2.05, 4.69) is 20.5 Å². The van der Waals surface area contributed by atoms with Crippen LogP contribution in [0.25, 0.3) is 0 Å². The molecule has 2 aromatic heterocycles. The van der Waals surface area contributed by atoms with Crippen molar-refractivity contribution in [2.75, 3.05) is 31.6 Å². The van der Waals surface area contributed by atoms with Crippen LogP contribution < -0.4 is 10.1 Å². The number of halogens is 1. The Hall–Kier alpha value is -3.11. The summed E-state index contributed by atoms with van der Waals surface area (Å²) in [5, 5.41) is 11.5. The third-order valence-electron chi connectivity index (χ3n) is 4.29. The van der Waals surface area contributed by atoms with Crippen LogP contribution in [0.1, 0.15) is 11.8 Å². The summed E-state index contributed by atoms with van der Waals surface area (Å²) in [7, 11) is 0. The van der Waals surface area contributed by atoms with Gasteiger partial charge in [0.1, 0.15) is 29.0 Å². The van der Waals surface area contributed by atoms with Crippen molar-refractivity contribution in [2.45, 2.75) is 6.10 Å². The number of amides is 1. The van der Waals surface area contributed by atoms with Crippen molar-refractivity contribution in [3.05, 3.63) is 59.5 Å². The third-order valence-corrected chi connectivity index (χ3v) is 4.90. The van der Waals surface area contributed by atoms with Crippen LogP contribution in [-0.4, -0.2) is 52.3 Å². The molecule has 3 aromatic rings. The van der Waals surface area contributed by atoms with Gasteiger partial charge in [-0.2, -0.15) is 0 Å². The minimum absolute atomic E-state index is 0.121. The summed E-state index contributed by atoms with van der Waals surface area (Å²) in [6, 6.07) is 11.1. The molecule has 1 saturated heterocycles. The van der Waals surface area contributed by atoms with E-state index in [0.29, 0.717) is 36.4 Å². The topological polar surface area (TPSA) is 89.5 Å². The van der Waals surface area contributed by atoms with Crippen LogP contribution in [0.3, 0.4) is 0 Å². The molecular weight excluding hydrogens is 397 g/mol. The maximum atomic E-state index is 13.0. The molecule has 10 heteroatoms. The molecule has 3 heterocycles. The highest BCUT2D eigenvalue weighted by Gasteiger charge is 2.26. The number of nitrogens with zero attached hydrogens (tertiary/aromatic N) is 4. The summed E-state index contributed by atoms with van der Waals surface area (Å²) in [6.45, 7) is 1.14. The molecule has 1 amide bonds. The fraction of sp³-hybridized carbons (Fsp3) is 0.263. The van der Waals surface area contributed by atoms with Gasteiger partial charge in [0.15, 0.2) is 6.61 Å². The molecule has 0 aliphatic carbocycles. The van der Waals surface area contributed by atoms with Gasteiger partial charge < -0.3 is 19.7 Å². The van der Waals surface area contributed by atoms with E-state index in [9.17, 15) is 9.18 Å². The second kappa shape index (κ2) is 8.93. The number of anilines is 2. The van der Waals surface area contributed by atoms with Gasteiger partial charge in [-0.1, -0.05) is 17.4 Å². The van der Waals surface area contributed by atoms with Crippen molar-refractivity contribution in [3.8, 4) is 5.75 Å². The van der Waals surface area contributed by atoms with Gasteiger partial charge in [0.2, 0.25) is 5.13 Å². The van der Waals surface area contributed by atoms with E-state index < -0.39 is 0 Å². The zero-order chi connectivity index (χ0) is 20.1. The molecule has 150 valence electrons. The van der Waals surface area contributed by atoms with Crippen molar-refractivity contribution in [3.63, 3.8) is 0 Å². The van der Waals surface area contributed by atoms with Crippen molar-refractivity contribution >= 4 is 28.2 Å². The minimum atomic E-state index is -0.352. The Bertz CT molecular complexity index is 955. The van der Waals surface area contributed by atoms with Gasteiger partial charge in [0.25, 0.3) is 5.91 Å². The van der Waals surface area contributed by atoms with Gasteiger partial charge in [0.05, 0.1) is 18.8 Å². The molecule has 1 fully saturated rings. The predicted octanol–water partition coefficient (Wildman–Crippen LogP) is 2.79. The molecule has 0 radical (unpaired) electrons. The van der Waals surface area contributed by atoms with Crippen LogP contribution in [0, 0.1) is 5.82 Å². The summed E-state index contributed by atoms with van der Waals surface area (Å²) < 4.78 is 24.2. The van der Waals surface area contributed by atoms with Crippen molar-refractivity contribution < 1.29 is 18.7 Å². The maximum Gasteiger partial charge on any atom is 0.260 e. The largest absolute Gasteiger partial charge is 0.484 e. The summed E-state index contributed by atoms with van der Waals surface area (Å²) in [6.07, 6.45) is -0.338. The lowest BCUT2D eigenvalue weighted by Crippen LogP contribution is -2.44. The minimum Gasteiger partial charge on any atom is -0.484 e. The molecule has 1 atom stereocenters. The molecule has 4 rings (SSSR count). The lowest BCUT2D eigenvalue weighted by Gasteiger charge is -2.32. The Labute approximate surface area is 170 Å². The second-order valence-electron chi connectivity index (χ2n) is 6.26. The van der Waals surface area contributed by atoms with Crippen LogP contribution in [0.2, 0.25) is 0 Å². The Kier molecular flexibility index (Phi) is 5.92. The number of hydrogen-bond donors (Lipinski definition) is 1. The highest BCUT2D eigenvalue weighted by molar-refractivity contribution is 7.13. The smallest absolute Gasteiger partial charge is 0.260 e. The number of rotatable bonds is 6. The molecule has 29 heavy (non-hydrogen) atoms. The van der Waals surface area contributed by atoms with Crippen LogP contribution in [-0.2, 0) is 9.53 Å². The fourth-order valence-corrected chi connectivity index (χ4v) is 3.31. The maximum absolute atomic E-state index is 13.0. The van der Waals surface area contributed by atoms with Gasteiger partial charge >= 0.3 is 0 Å². The Balaban J connectivity index is 1.36. The van der Waals surface area contributed by atoms with Crippen LogP contribution >= 0.6 is 11.3 Å². The molecule has 1 aromatic carbocycles. The average molecular weight is 415 g/mol. The number of benzene rings is 1. The van der Waals surface area contributed by atoms with Gasteiger partial charge in [-0.05, 0) is 36.4 Å². The first-order chi connectivity index (χ1) is 14.2. The lowest BCUT2D eigenvalue weighted by molar-refractivity contribution is -0.141. The molecule has 0 spiro atoms. The van der Waals surface area contributed by atoms with Crippen LogP contribution in [0.4, 0.5) is 15.3 Å². The lowest BCUT2D eigenvalue weighted by atomic mass is 10.2. The Morgan fingerprint density at radius 1 is 1.31 bits per heavy atom. The normalized spacial score (nSPS) is 16.4. The number of carbonyl (C=O) groups is 1. The van der Waals surface area contributed by atoms with Gasteiger partial charge in [0, 0.05) is 6.54 Å². The average Bonchev–Trinajstić information content (AvgIpc) is 3.26. The van der Waals surface area contributed by atoms with E-state index in [4.69, 9.17) is 9.47 Å². The van der Waals surface area contributed by atoms with E-state index in [1.54, 1.807) is 10.4 Å². The highest BCUT2D eigenvalue weighted by Crippen LogP contribution is 2.23. The molecule has 0 bridgehead atoms.